The van der Waals surface area contributed by atoms with Crippen LogP contribution in [-0.2, 0) is 6.54 Å². The van der Waals surface area contributed by atoms with Gasteiger partial charge in [0, 0.05) is 12.1 Å². The van der Waals surface area contributed by atoms with Crippen LogP contribution in [0.1, 0.15) is 32.8 Å². The standard InChI is InChI=1S/C16H24F2N2O3/c1-16(2,3)8-12(10-21)20-15(22)19-9-11-6-4-5-7-13(11)23-14(17)18/h4-7,12,14,21H,8-10H2,1-3H3,(H2,19,20,22). The molecule has 1 rings (SSSR count). The summed E-state index contributed by atoms with van der Waals surface area (Å²) in [7, 11) is 0. The van der Waals surface area contributed by atoms with Crippen molar-refractivity contribution >= 4 is 6.03 Å². The summed E-state index contributed by atoms with van der Waals surface area (Å²) in [6.07, 6.45) is 0.613. The van der Waals surface area contributed by atoms with Gasteiger partial charge >= 0.3 is 12.6 Å². The van der Waals surface area contributed by atoms with Gasteiger partial charge in [0.2, 0.25) is 0 Å². The van der Waals surface area contributed by atoms with Crippen LogP contribution in [0.4, 0.5) is 13.6 Å². The summed E-state index contributed by atoms with van der Waals surface area (Å²) < 4.78 is 29.1. The molecule has 0 fully saturated rings. The zero-order valence-electron chi connectivity index (χ0n) is 13.6. The molecule has 0 bridgehead atoms. The van der Waals surface area contributed by atoms with Gasteiger partial charge in [-0.1, -0.05) is 39.0 Å². The molecular weight excluding hydrogens is 306 g/mol. The number of rotatable bonds is 7. The number of amides is 2. The Hall–Kier alpha value is -1.89. The van der Waals surface area contributed by atoms with Crippen LogP contribution in [0.25, 0.3) is 0 Å². The number of hydrogen-bond acceptors (Lipinski definition) is 3. The third-order valence-electron chi connectivity index (χ3n) is 3.04. The molecule has 0 saturated carbocycles. The monoisotopic (exact) mass is 330 g/mol. The lowest BCUT2D eigenvalue weighted by molar-refractivity contribution is -0.0504. The summed E-state index contributed by atoms with van der Waals surface area (Å²) in [6, 6.07) is 5.41. The smallest absolute Gasteiger partial charge is 0.387 e. The second kappa shape index (κ2) is 8.67. The summed E-state index contributed by atoms with van der Waals surface area (Å²) in [5.41, 5.74) is 0.401. The van der Waals surface area contributed by atoms with Crippen molar-refractivity contribution in [2.24, 2.45) is 5.41 Å². The van der Waals surface area contributed by atoms with E-state index < -0.39 is 12.6 Å². The molecule has 7 heteroatoms. The van der Waals surface area contributed by atoms with Gasteiger partial charge in [-0.15, -0.1) is 0 Å². The third kappa shape index (κ3) is 7.78. The Balaban J connectivity index is 2.56. The van der Waals surface area contributed by atoms with Gasteiger partial charge in [-0.3, -0.25) is 0 Å². The Labute approximate surface area is 135 Å². The predicted octanol–water partition coefficient (Wildman–Crippen LogP) is 2.88. The lowest BCUT2D eigenvalue weighted by Gasteiger charge is -2.25. The fraction of sp³-hybridized carbons (Fsp3) is 0.562. The molecule has 0 aliphatic heterocycles. The van der Waals surface area contributed by atoms with Crippen molar-refractivity contribution in [3.05, 3.63) is 29.8 Å². The van der Waals surface area contributed by atoms with Gasteiger partial charge in [0.05, 0.1) is 12.6 Å². The highest BCUT2D eigenvalue weighted by Gasteiger charge is 2.20. The predicted molar refractivity (Wildman–Crippen MR) is 83.4 cm³/mol. The molecule has 0 aliphatic rings. The molecule has 5 nitrogen and oxygen atoms in total. The van der Waals surface area contributed by atoms with E-state index in [-0.39, 0.29) is 30.4 Å². The fourth-order valence-corrected chi connectivity index (χ4v) is 2.17. The Morgan fingerprint density at radius 3 is 2.52 bits per heavy atom. The maximum absolute atomic E-state index is 12.3. The first-order chi connectivity index (χ1) is 10.7. The van der Waals surface area contributed by atoms with Crippen LogP contribution in [0, 0.1) is 5.41 Å². The summed E-state index contributed by atoms with van der Waals surface area (Å²) in [5.74, 6) is 0.0243. The zero-order chi connectivity index (χ0) is 17.5. The highest BCUT2D eigenvalue weighted by Crippen LogP contribution is 2.21. The van der Waals surface area contributed by atoms with Crippen LogP contribution in [0.5, 0.6) is 5.75 Å². The van der Waals surface area contributed by atoms with Crippen LogP contribution >= 0.6 is 0 Å². The second-order valence-corrected chi connectivity index (χ2v) is 6.46. The highest BCUT2D eigenvalue weighted by atomic mass is 19.3. The van der Waals surface area contributed by atoms with Gasteiger partial charge in [-0.2, -0.15) is 8.78 Å². The molecule has 1 unspecified atom stereocenters. The number of urea groups is 1. The lowest BCUT2D eigenvalue weighted by Crippen LogP contribution is -2.45. The molecule has 23 heavy (non-hydrogen) atoms. The van der Waals surface area contributed by atoms with Crippen molar-refractivity contribution in [3.63, 3.8) is 0 Å². The molecule has 130 valence electrons. The molecular formula is C16H24F2N2O3. The normalized spacial score (nSPS) is 12.8. The Bertz CT molecular complexity index is 504. The van der Waals surface area contributed by atoms with Crippen molar-refractivity contribution in [1.82, 2.24) is 10.6 Å². The van der Waals surface area contributed by atoms with Crippen molar-refractivity contribution in [2.75, 3.05) is 6.61 Å². The van der Waals surface area contributed by atoms with E-state index in [9.17, 15) is 18.7 Å². The van der Waals surface area contributed by atoms with E-state index in [1.807, 2.05) is 20.8 Å². The molecule has 3 N–H and O–H groups in total. The largest absolute Gasteiger partial charge is 0.434 e. The number of nitrogens with one attached hydrogen (secondary N) is 2. The highest BCUT2D eigenvalue weighted by molar-refractivity contribution is 5.74. The molecule has 0 heterocycles. The van der Waals surface area contributed by atoms with Crippen molar-refractivity contribution in [3.8, 4) is 5.75 Å². The van der Waals surface area contributed by atoms with E-state index in [4.69, 9.17) is 0 Å². The van der Waals surface area contributed by atoms with Crippen LogP contribution in [0.3, 0.4) is 0 Å². The topological polar surface area (TPSA) is 70.6 Å². The summed E-state index contributed by atoms with van der Waals surface area (Å²) in [4.78, 5) is 11.9. The number of carbonyl (C=O) groups is 1. The minimum Gasteiger partial charge on any atom is -0.434 e. The number of aliphatic hydroxyl groups is 1. The minimum absolute atomic E-state index is 0.0243. The number of hydrogen-bond donors (Lipinski definition) is 3. The average Bonchev–Trinajstić information content (AvgIpc) is 2.43. The van der Waals surface area contributed by atoms with E-state index in [0.717, 1.165) is 0 Å². The van der Waals surface area contributed by atoms with Crippen LogP contribution in [0.2, 0.25) is 0 Å². The fourth-order valence-electron chi connectivity index (χ4n) is 2.17. The van der Waals surface area contributed by atoms with Gasteiger partial charge < -0.3 is 20.5 Å². The Morgan fingerprint density at radius 1 is 1.30 bits per heavy atom. The molecule has 1 aromatic rings. The van der Waals surface area contributed by atoms with E-state index in [0.29, 0.717) is 12.0 Å². The maximum atomic E-state index is 12.3. The van der Waals surface area contributed by atoms with Gasteiger partial charge in [-0.25, -0.2) is 4.79 Å². The molecule has 0 saturated heterocycles. The third-order valence-corrected chi connectivity index (χ3v) is 3.04. The summed E-state index contributed by atoms with van der Waals surface area (Å²) in [6.45, 7) is 2.97. The van der Waals surface area contributed by atoms with E-state index in [2.05, 4.69) is 15.4 Å². The molecule has 2 amide bonds. The lowest BCUT2D eigenvalue weighted by atomic mass is 9.88. The van der Waals surface area contributed by atoms with E-state index in [1.54, 1.807) is 18.2 Å². The Kier molecular flexibility index (Phi) is 7.22. The molecule has 1 aromatic carbocycles. The van der Waals surface area contributed by atoms with Gasteiger partial charge in [0.1, 0.15) is 5.75 Å². The molecule has 0 radical (unpaired) electrons. The Morgan fingerprint density at radius 2 is 1.96 bits per heavy atom. The van der Waals surface area contributed by atoms with Gasteiger partial charge in [0.15, 0.2) is 0 Å². The molecule has 0 aliphatic carbocycles. The second-order valence-electron chi connectivity index (χ2n) is 6.46. The number of benzene rings is 1. The van der Waals surface area contributed by atoms with Crippen LogP contribution in [0.15, 0.2) is 24.3 Å². The first-order valence-electron chi connectivity index (χ1n) is 7.39. The quantitative estimate of drug-likeness (QED) is 0.720. The molecule has 0 aromatic heterocycles. The SMILES string of the molecule is CC(C)(C)CC(CO)NC(=O)NCc1ccccc1OC(F)F. The summed E-state index contributed by atoms with van der Waals surface area (Å²) in [5, 5.41) is 14.6. The van der Waals surface area contributed by atoms with Gasteiger partial charge in [-0.05, 0) is 17.9 Å². The number of alkyl halides is 2. The zero-order valence-corrected chi connectivity index (χ0v) is 13.6. The first kappa shape index (κ1) is 19.2. The van der Waals surface area contributed by atoms with Crippen molar-refractivity contribution in [2.45, 2.75) is 46.4 Å². The van der Waals surface area contributed by atoms with Crippen LogP contribution in [-0.4, -0.2) is 30.4 Å². The van der Waals surface area contributed by atoms with Crippen molar-refractivity contribution < 1.29 is 23.4 Å². The number of halogens is 2. The number of aliphatic hydroxyl groups excluding tert-OH is 1. The first-order valence-corrected chi connectivity index (χ1v) is 7.39. The number of ether oxygens (including phenoxy) is 1. The van der Waals surface area contributed by atoms with Gasteiger partial charge in [0.25, 0.3) is 0 Å². The number of carbonyl (C=O) groups excluding carboxylic acids is 1. The van der Waals surface area contributed by atoms with E-state index in [1.165, 1.54) is 6.07 Å². The van der Waals surface area contributed by atoms with Crippen molar-refractivity contribution in [1.29, 1.82) is 0 Å². The summed E-state index contributed by atoms with van der Waals surface area (Å²) >= 11 is 0. The molecule has 0 spiro atoms. The van der Waals surface area contributed by atoms with E-state index >= 15 is 0 Å². The molecule has 1 atom stereocenters. The minimum atomic E-state index is -2.92. The maximum Gasteiger partial charge on any atom is 0.387 e. The van der Waals surface area contributed by atoms with Crippen LogP contribution < -0.4 is 15.4 Å². The average molecular weight is 330 g/mol. The number of para-hydroxylation sites is 1.